The SMILES string of the molecule is CSCC[C@@H](NC(=O)c1ccco1)C(=O)N[C@@H]1CCc2ccccc21. The van der Waals surface area contributed by atoms with E-state index in [4.69, 9.17) is 4.42 Å². The summed E-state index contributed by atoms with van der Waals surface area (Å²) in [7, 11) is 0. The van der Waals surface area contributed by atoms with Gasteiger partial charge in [0.15, 0.2) is 5.76 Å². The van der Waals surface area contributed by atoms with Crippen LogP contribution in [0.4, 0.5) is 0 Å². The van der Waals surface area contributed by atoms with Crippen molar-refractivity contribution in [3.05, 3.63) is 59.5 Å². The lowest BCUT2D eigenvalue weighted by Gasteiger charge is -2.21. The van der Waals surface area contributed by atoms with Gasteiger partial charge in [0.25, 0.3) is 5.91 Å². The Hall–Kier alpha value is -2.21. The van der Waals surface area contributed by atoms with E-state index in [0.717, 1.165) is 18.6 Å². The highest BCUT2D eigenvalue weighted by atomic mass is 32.2. The van der Waals surface area contributed by atoms with Crippen molar-refractivity contribution in [1.82, 2.24) is 10.6 Å². The van der Waals surface area contributed by atoms with Crippen LogP contribution in [0.1, 0.15) is 40.6 Å². The molecule has 6 heteroatoms. The molecule has 0 fully saturated rings. The highest BCUT2D eigenvalue weighted by Gasteiger charge is 2.28. The summed E-state index contributed by atoms with van der Waals surface area (Å²) in [6.07, 6.45) is 5.87. The third-order valence-electron chi connectivity index (χ3n) is 4.43. The fraction of sp³-hybridized carbons (Fsp3) is 0.368. The maximum Gasteiger partial charge on any atom is 0.287 e. The Labute approximate surface area is 151 Å². The minimum Gasteiger partial charge on any atom is -0.459 e. The molecule has 1 aromatic carbocycles. The van der Waals surface area contributed by atoms with E-state index < -0.39 is 6.04 Å². The van der Waals surface area contributed by atoms with Gasteiger partial charge in [-0.15, -0.1) is 0 Å². The standard InChI is InChI=1S/C19H22N2O3S/c1-25-12-10-16(21-19(23)17-7-4-11-24-17)18(22)20-15-9-8-13-5-2-3-6-14(13)15/h2-7,11,15-16H,8-10,12H2,1H3,(H,20,22)(H,21,23)/t15-,16-/m1/s1. The number of hydrogen-bond acceptors (Lipinski definition) is 4. The zero-order chi connectivity index (χ0) is 17.6. The number of amides is 2. The molecule has 0 bridgehead atoms. The first-order valence-electron chi connectivity index (χ1n) is 8.40. The number of furan rings is 1. The molecule has 25 heavy (non-hydrogen) atoms. The number of hydrogen-bond donors (Lipinski definition) is 2. The first-order chi connectivity index (χ1) is 12.2. The van der Waals surface area contributed by atoms with Crippen LogP contribution in [0.25, 0.3) is 0 Å². The number of fused-ring (bicyclic) bond motifs is 1. The number of carbonyl (C=O) groups excluding carboxylic acids is 2. The quantitative estimate of drug-likeness (QED) is 0.798. The summed E-state index contributed by atoms with van der Waals surface area (Å²) in [6.45, 7) is 0. The molecule has 0 saturated carbocycles. The Morgan fingerprint density at radius 3 is 2.88 bits per heavy atom. The maximum atomic E-state index is 12.8. The number of rotatable bonds is 7. The Morgan fingerprint density at radius 1 is 1.28 bits per heavy atom. The van der Waals surface area contributed by atoms with Crippen molar-refractivity contribution < 1.29 is 14.0 Å². The van der Waals surface area contributed by atoms with Crippen LogP contribution in [0.3, 0.4) is 0 Å². The third-order valence-corrected chi connectivity index (χ3v) is 5.07. The predicted octanol–water partition coefficient (Wildman–Crippen LogP) is 2.93. The van der Waals surface area contributed by atoms with E-state index >= 15 is 0 Å². The van der Waals surface area contributed by atoms with Gasteiger partial charge in [0.2, 0.25) is 5.91 Å². The van der Waals surface area contributed by atoms with Gasteiger partial charge in [-0.25, -0.2) is 0 Å². The van der Waals surface area contributed by atoms with Crippen molar-refractivity contribution in [3.63, 3.8) is 0 Å². The van der Waals surface area contributed by atoms with Crippen LogP contribution in [-0.2, 0) is 11.2 Å². The van der Waals surface area contributed by atoms with Crippen molar-refractivity contribution in [2.45, 2.75) is 31.3 Å². The molecule has 3 rings (SSSR count). The van der Waals surface area contributed by atoms with Crippen molar-refractivity contribution in [2.24, 2.45) is 0 Å². The van der Waals surface area contributed by atoms with Crippen LogP contribution in [0.2, 0.25) is 0 Å². The van der Waals surface area contributed by atoms with E-state index in [-0.39, 0.29) is 23.6 Å². The van der Waals surface area contributed by atoms with Gasteiger partial charge in [-0.3, -0.25) is 9.59 Å². The normalized spacial score (nSPS) is 16.9. The predicted molar refractivity (Wildman–Crippen MR) is 98.6 cm³/mol. The van der Waals surface area contributed by atoms with Crippen LogP contribution >= 0.6 is 11.8 Å². The molecule has 1 aromatic heterocycles. The summed E-state index contributed by atoms with van der Waals surface area (Å²) in [5.74, 6) is 0.500. The molecule has 2 aromatic rings. The second-order valence-corrected chi connectivity index (χ2v) is 7.07. The number of benzene rings is 1. The average Bonchev–Trinajstić information content (AvgIpc) is 3.29. The monoisotopic (exact) mass is 358 g/mol. The third kappa shape index (κ3) is 4.25. The van der Waals surface area contributed by atoms with Gasteiger partial charge in [-0.2, -0.15) is 11.8 Å². The molecule has 0 spiro atoms. The molecular weight excluding hydrogens is 336 g/mol. The molecule has 132 valence electrons. The summed E-state index contributed by atoms with van der Waals surface area (Å²) >= 11 is 1.65. The van der Waals surface area contributed by atoms with Gasteiger partial charge in [0, 0.05) is 0 Å². The second kappa shape index (κ2) is 8.25. The smallest absolute Gasteiger partial charge is 0.287 e. The minimum absolute atomic E-state index is 0.0148. The first kappa shape index (κ1) is 17.6. The maximum absolute atomic E-state index is 12.8. The van der Waals surface area contributed by atoms with E-state index in [1.807, 2.05) is 18.4 Å². The molecule has 0 aliphatic heterocycles. The van der Waals surface area contributed by atoms with Gasteiger partial charge in [0.05, 0.1) is 12.3 Å². The van der Waals surface area contributed by atoms with Crippen molar-refractivity contribution >= 4 is 23.6 Å². The van der Waals surface area contributed by atoms with E-state index in [2.05, 4.69) is 22.8 Å². The zero-order valence-electron chi connectivity index (χ0n) is 14.2. The van der Waals surface area contributed by atoms with Crippen molar-refractivity contribution in [2.75, 3.05) is 12.0 Å². The largest absolute Gasteiger partial charge is 0.459 e. The average molecular weight is 358 g/mol. The van der Waals surface area contributed by atoms with Crippen molar-refractivity contribution in [3.8, 4) is 0 Å². The Kier molecular flexibility index (Phi) is 5.81. The Bertz CT molecular complexity index is 730. The number of nitrogens with one attached hydrogen (secondary N) is 2. The highest BCUT2D eigenvalue weighted by molar-refractivity contribution is 7.98. The van der Waals surface area contributed by atoms with E-state index in [0.29, 0.717) is 6.42 Å². The van der Waals surface area contributed by atoms with Gasteiger partial charge in [-0.1, -0.05) is 24.3 Å². The number of thioether (sulfide) groups is 1. The van der Waals surface area contributed by atoms with Gasteiger partial charge >= 0.3 is 0 Å². The van der Waals surface area contributed by atoms with Crippen LogP contribution < -0.4 is 10.6 Å². The lowest BCUT2D eigenvalue weighted by atomic mass is 10.1. The molecule has 5 nitrogen and oxygen atoms in total. The molecule has 2 atom stereocenters. The molecule has 1 aliphatic rings. The summed E-state index contributed by atoms with van der Waals surface area (Å²) in [5.41, 5.74) is 2.46. The molecule has 2 N–H and O–H groups in total. The van der Waals surface area contributed by atoms with Gasteiger partial charge < -0.3 is 15.1 Å². The Balaban J connectivity index is 1.66. The van der Waals surface area contributed by atoms with Crippen molar-refractivity contribution in [1.29, 1.82) is 0 Å². The summed E-state index contributed by atoms with van der Waals surface area (Å²) < 4.78 is 5.11. The van der Waals surface area contributed by atoms with Gasteiger partial charge in [-0.05, 0) is 54.5 Å². The van der Waals surface area contributed by atoms with Gasteiger partial charge in [0.1, 0.15) is 6.04 Å². The fourth-order valence-electron chi connectivity index (χ4n) is 3.12. The Morgan fingerprint density at radius 2 is 2.12 bits per heavy atom. The molecule has 0 saturated heterocycles. The number of carbonyl (C=O) groups is 2. The molecule has 1 heterocycles. The lowest BCUT2D eigenvalue weighted by Crippen LogP contribution is -2.47. The second-order valence-electron chi connectivity index (χ2n) is 6.08. The summed E-state index contributed by atoms with van der Waals surface area (Å²) in [4.78, 5) is 25.0. The number of aryl methyl sites for hydroxylation is 1. The summed E-state index contributed by atoms with van der Waals surface area (Å²) in [6, 6.07) is 10.9. The van der Waals surface area contributed by atoms with Crippen LogP contribution in [0.15, 0.2) is 47.1 Å². The first-order valence-corrected chi connectivity index (χ1v) is 9.80. The molecule has 0 radical (unpaired) electrons. The van der Waals surface area contributed by atoms with Crippen LogP contribution in [0, 0.1) is 0 Å². The van der Waals surface area contributed by atoms with Crippen LogP contribution in [0.5, 0.6) is 0 Å². The molecular formula is C19H22N2O3S. The fourth-order valence-corrected chi connectivity index (χ4v) is 3.59. The molecule has 0 unspecified atom stereocenters. The topological polar surface area (TPSA) is 71.3 Å². The van der Waals surface area contributed by atoms with E-state index in [1.165, 1.54) is 17.4 Å². The minimum atomic E-state index is -0.571. The molecule has 2 amide bonds. The lowest BCUT2D eigenvalue weighted by molar-refractivity contribution is -0.123. The van der Waals surface area contributed by atoms with Crippen LogP contribution in [-0.4, -0.2) is 29.9 Å². The van der Waals surface area contributed by atoms with E-state index in [9.17, 15) is 9.59 Å². The van der Waals surface area contributed by atoms with E-state index in [1.54, 1.807) is 23.9 Å². The zero-order valence-corrected chi connectivity index (χ0v) is 15.0. The summed E-state index contributed by atoms with van der Waals surface area (Å²) in [5, 5.41) is 5.90. The highest BCUT2D eigenvalue weighted by Crippen LogP contribution is 2.30. The molecule has 1 aliphatic carbocycles.